The number of hydroxylamine groups is 1. The van der Waals surface area contributed by atoms with Crippen LogP contribution in [-0.2, 0) is 14.3 Å². The van der Waals surface area contributed by atoms with E-state index in [4.69, 9.17) is 14.7 Å². The van der Waals surface area contributed by atoms with Crippen LogP contribution in [-0.4, -0.2) is 35.0 Å². The number of anilines is 1. The van der Waals surface area contributed by atoms with E-state index in [9.17, 15) is 14.7 Å². The van der Waals surface area contributed by atoms with E-state index in [1.807, 2.05) is 43.3 Å². The number of hydrogen-bond acceptors (Lipinski definition) is 6. The Morgan fingerprint density at radius 1 is 1.11 bits per heavy atom. The van der Waals surface area contributed by atoms with E-state index in [2.05, 4.69) is 27.9 Å². The Kier molecular flexibility index (Phi) is 9.88. The highest BCUT2D eigenvalue weighted by atomic mass is 127. The van der Waals surface area contributed by atoms with Gasteiger partial charge in [-0.2, -0.15) is 0 Å². The second-order valence-corrected chi connectivity index (χ2v) is 8.88. The number of fused-ring (bicyclic) bond motifs is 1. The molecular weight excluding hydrogens is 563 g/mol. The number of rotatable bonds is 10. The van der Waals surface area contributed by atoms with Gasteiger partial charge >= 0.3 is 6.09 Å². The number of carbonyl (C=O) groups is 2. The third-order valence-corrected chi connectivity index (χ3v) is 5.94. The monoisotopic (exact) mass is 590 g/mol. The molecule has 4 N–H and O–H groups in total. The van der Waals surface area contributed by atoms with E-state index in [0.717, 1.165) is 14.3 Å². The summed E-state index contributed by atoms with van der Waals surface area (Å²) < 4.78 is 12.6. The van der Waals surface area contributed by atoms with Crippen LogP contribution >= 0.6 is 22.6 Å². The summed E-state index contributed by atoms with van der Waals surface area (Å²) in [6.07, 6.45) is 1.37. The lowest BCUT2D eigenvalue weighted by Crippen LogP contribution is -2.29. The molecule has 0 aliphatic carbocycles. The standard InChI is InChI=1S/C26H27IN2O6/c1-2-34-23(12-5-6-13-24(31)29-33)25(20-16-18(27)14-15-22(20)30)35-26(32)28-21-11-7-9-17-8-3-4-10-19(17)21/h3-4,6-11,13-16,23,25,30,33H,2,5,12H2,1H3,(H,28,32)(H,29,31)/b13-6+/t23-,25-/m0/s1. The van der Waals surface area contributed by atoms with Gasteiger partial charge in [-0.15, -0.1) is 0 Å². The van der Waals surface area contributed by atoms with Crippen molar-refractivity contribution >= 4 is 51.1 Å². The maximum Gasteiger partial charge on any atom is 0.412 e. The third kappa shape index (κ3) is 7.41. The zero-order valence-corrected chi connectivity index (χ0v) is 21.3. The summed E-state index contributed by atoms with van der Waals surface area (Å²) >= 11 is 2.12. The Balaban J connectivity index is 1.86. The normalized spacial score (nSPS) is 12.9. The Morgan fingerprint density at radius 3 is 2.66 bits per heavy atom. The number of nitrogens with one attached hydrogen (secondary N) is 2. The number of phenolic OH excluding ortho intramolecular Hbond substituents is 1. The van der Waals surface area contributed by atoms with Gasteiger partial charge in [-0.05, 0) is 72.0 Å². The second kappa shape index (κ2) is 13.1. The number of aromatic hydroxyl groups is 1. The predicted molar refractivity (Wildman–Crippen MR) is 141 cm³/mol. The van der Waals surface area contributed by atoms with E-state index in [1.54, 1.807) is 30.3 Å². The van der Waals surface area contributed by atoms with Gasteiger partial charge in [-0.25, -0.2) is 10.3 Å². The maximum atomic E-state index is 13.0. The van der Waals surface area contributed by atoms with E-state index in [-0.39, 0.29) is 5.75 Å². The highest BCUT2D eigenvalue weighted by molar-refractivity contribution is 14.1. The summed E-state index contributed by atoms with van der Waals surface area (Å²) in [5.41, 5.74) is 2.55. The molecule has 0 aliphatic heterocycles. The Labute approximate surface area is 217 Å². The number of hydrogen-bond donors (Lipinski definition) is 4. The summed E-state index contributed by atoms with van der Waals surface area (Å²) in [5, 5.41) is 23.9. The van der Waals surface area contributed by atoms with Crippen LogP contribution < -0.4 is 10.8 Å². The van der Waals surface area contributed by atoms with Gasteiger partial charge in [0, 0.05) is 27.2 Å². The molecule has 0 aromatic heterocycles. The summed E-state index contributed by atoms with van der Waals surface area (Å²) in [5.74, 6) is -0.663. The van der Waals surface area contributed by atoms with Gasteiger partial charge < -0.3 is 14.6 Å². The zero-order chi connectivity index (χ0) is 25.2. The van der Waals surface area contributed by atoms with Gasteiger partial charge in [0.15, 0.2) is 6.10 Å². The lowest BCUT2D eigenvalue weighted by molar-refractivity contribution is -0.124. The van der Waals surface area contributed by atoms with Crippen molar-refractivity contribution in [1.29, 1.82) is 0 Å². The fourth-order valence-electron chi connectivity index (χ4n) is 3.71. The number of benzene rings is 3. The van der Waals surface area contributed by atoms with Crippen molar-refractivity contribution in [3.63, 3.8) is 0 Å². The van der Waals surface area contributed by atoms with Crippen molar-refractivity contribution in [2.75, 3.05) is 11.9 Å². The van der Waals surface area contributed by atoms with Crippen LogP contribution in [0.4, 0.5) is 10.5 Å². The first-order chi connectivity index (χ1) is 16.9. The highest BCUT2D eigenvalue weighted by Gasteiger charge is 2.30. The molecule has 0 fully saturated rings. The molecule has 2 amide bonds. The molecule has 3 aromatic rings. The lowest BCUT2D eigenvalue weighted by Gasteiger charge is -2.28. The first kappa shape index (κ1) is 26.5. The number of ether oxygens (including phenoxy) is 2. The Bertz CT molecular complexity index is 1190. The fourth-order valence-corrected chi connectivity index (χ4v) is 4.22. The molecule has 0 saturated heterocycles. The quantitative estimate of drug-likeness (QED) is 0.104. The van der Waals surface area contributed by atoms with Gasteiger partial charge in [0.2, 0.25) is 0 Å². The van der Waals surface area contributed by atoms with E-state index < -0.39 is 24.2 Å². The zero-order valence-electron chi connectivity index (χ0n) is 19.1. The van der Waals surface area contributed by atoms with Gasteiger partial charge in [0.1, 0.15) is 5.75 Å². The summed E-state index contributed by atoms with van der Waals surface area (Å²) in [6.45, 7) is 2.17. The SMILES string of the molecule is CCO[C@@H](CC/C=C/C(=O)NO)[C@@H](OC(=O)Nc1cccc2ccccc12)c1cc(I)ccc1O. The molecule has 0 bridgehead atoms. The van der Waals surface area contributed by atoms with Crippen LogP contribution in [0.25, 0.3) is 10.8 Å². The van der Waals surface area contributed by atoms with Crippen molar-refractivity contribution in [2.45, 2.75) is 32.0 Å². The Morgan fingerprint density at radius 2 is 1.89 bits per heavy atom. The number of allylic oxidation sites excluding steroid dienone is 1. The average Bonchev–Trinajstić information content (AvgIpc) is 2.86. The second-order valence-electron chi connectivity index (χ2n) is 7.63. The smallest absolute Gasteiger partial charge is 0.412 e. The molecule has 0 heterocycles. The van der Waals surface area contributed by atoms with Crippen molar-refractivity contribution in [1.82, 2.24) is 5.48 Å². The summed E-state index contributed by atoms with van der Waals surface area (Å²) in [4.78, 5) is 24.3. The van der Waals surface area contributed by atoms with Crippen LogP contribution in [0.1, 0.15) is 31.4 Å². The molecule has 0 unspecified atom stereocenters. The van der Waals surface area contributed by atoms with Crippen molar-refractivity contribution in [3.8, 4) is 5.75 Å². The van der Waals surface area contributed by atoms with Gasteiger partial charge in [0.25, 0.3) is 5.91 Å². The average molecular weight is 590 g/mol. The molecule has 3 rings (SSSR count). The lowest BCUT2D eigenvalue weighted by atomic mass is 9.99. The molecule has 184 valence electrons. The molecular formula is C26H27IN2O6. The molecule has 0 radical (unpaired) electrons. The number of phenols is 1. The van der Waals surface area contributed by atoms with Crippen LogP contribution in [0.3, 0.4) is 0 Å². The third-order valence-electron chi connectivity index (χ3n) is 5.27. The van der Waals surface area contributed by atoms with E-state index >= 15 is 0 Å². The minimum Gasteiger partial charge on any atom is -0.508 e. The van der Waals surface area contributed by atoms with Crippen molar-refractivity contribution < 1.29 is 29.4 Å². The first-order valence-electron chi connectivity index (χ1n) is 11.1. The first-order valence-corrected chi connectivity index (χ1v) is 12.2. The van der Waals surface area contributed by atoms with Crippen LogP contribution in [0.15, 0.2) is 72.8 Å². The van der Waals surface area contributed by atoms with Crippen LogP contribution in [0, 0.1) is 3.57 Å². The number of halogens is 1. The minimum atomic E-state index is -0.917. The summed E-state index contributed by atoms with van der Waals surface area (Å²) in [7, 11) is 0. The van der Waals surface area contributed by atoms with Gasteiger partial charge in [-0.1, -0.05) is 42.5 Å². The molecule has 2 atom stereocenters. The van der Waals surface area contributed by atoms with Crippen LogP contribution in [0.5, 0.6) is 5.75 Å². The number of amides is 2. The van der Waals surface area contributed by atoms with E-state index in [0.29, 0.717) is 30.7 Å². The highest BCUT2D eigenvalue weighted by Crippen LogP contribution is 2.34. The number of carbonyl (C=O) groups excluding carboxylic acids is 2. The minimum absolute atomic E-state index is 0.0201. The van der Waals surface area contributed by atoms with E-state index in [1.165, 1.54) is 11.6 Å². The van der Waals surface area contributed by atoms with Crippen LogP contribution in [0.2, 0.25) is 0 Å². The molecule has 3 aromatic carbocycles. The largest absolute Gasteiger partial charge is 0.508 e. The van der Waals surface area contributed by atoms with Gasteiger partial charge in [-0.3, -0.25) is 15.3 Å². The van der Waals surface area contributed by atoms with Gasteiger partial charge in [0.05, 0.1) is 11.8 Å². The molecule has 9 heteroatoms. The topological polar surface area (TPSA) is 117 Å². The molecule has 0 saturated carbocycles. The summed E-state index contributed by atoms with van der Waals surface area (Å²) in [6, 6.07) is 18.3. The fraction of sp³-hybridized carbons (Fsp3) is 0.231. The molecule has 0 aliphatic rings. The van der Waals surface area contributed by atoms with Crippen molar-refractivity contribution in [3.05, 3.63) is 81.9 Å². The molecule has 8 nitrogen and oxygen atoms in total. The maximum absolute atomic E-state index is 13.0. The van der Waals surface area contributed by atoms with Crippen molar-refractivity contribution in [2.24, 2.45) is 0 Å². The molecule has 35 heavy (non-hydrogen) atoms. The predicted octanol–water partition coefficient (Wildman–Crippen LogP) is 5.69. The Hall–Kier alpha value is -3.15. The molecule has 0 spiro atoms.